The molecule has 0 spiro atoms. The number of rotatable bonds is 7. The van der Waals surface area contributed by atoms with E-state index < -0.39 is 0 Å². The molecule has 178 valence electrons. The highest BCUT2D eigenvalue weighted by Gasteiger charge is 2.25. The molecule has 0 atom stereocenters. The molecule has 7 nitrogen and oxygen atoms in total. The molecule has 4 heterocycles. The largest absolute Gasteiger partial charge is 0.463 e. The summed E-state index contributed by atoms with van der Waals surface area (Å²) in [7, 11) is 0. The zero-order valence-corrected chi connectivity index (χ0v) is 20.7. The Morgan fingerprint density at radius 1 is 1.11 bits per heavy atom. The first-order valence-electron chi connectivity index (χ1n) is 11.5. The van der Waals surface area contributed by atoms with Gasteiger partial charge >= 0.3 is 0 Å². The van der Waals surface area contributed by atoms with Crippen LogP contribution in [0.2, 0.25) is 0 Å². The molecule has 1 amide bonds. The summed E-state index contributed by atoms with van der Waals surface area (Å²) >= 11 is 2.93. The first-order valence-corrected chi connectivity index (χ1v) is 13.3. The second-order valence-corrected chi connectivity index (χ2v) is 10.4. The van der Waals surface area contributed by atoms with Crippen LogP contribution in [0.1, 0.15) is 23.1 Å². The fourth-order valence-electron chi connectivity index (χ4n) is 4.39. The number of furan rings is 2. The number of H-pyrrole nitrogens is 1. The van der Waals surface area contributed by atoms with Gasteiger partial charge in [0.1, 0.15) is 22.5 Å². The average molecular weight is 513 g/mol. The highest BCUT2D eigenvalue weighted by molar-refractivity contribution is 7.99. The standard InChI is InChI=1S/C27H20N4O3S2/c28-15-19-18-10-9-16-5-1-2-6-17(16)25(18)36-26(19)29-22(32)11-14-35-27-30-23(20-7-3-12-33-20)24(31-27)21-8-4-13-34-21/h1-8,12-13H,9-11,14H2,(H,29,32)(H,30,31). The Bertz CT molecular complexity index is 1520. The Morgan fingerprint density at radius 2 is 1.92 bits per heavy atom. The summed E-state index contributed by atoms with van der Waals surface area (Å²) < 4.78 is 11.1. The van der Waals surface area contributed by atoms with Crippen LogP contribution >= 0.6 is 23.1 Å². The van der Waals surface area contributed by atoms with E-state index in [4.69, 9.17) is 8.83 Å². The van der Waals surface area contributed by atoms with Gasteiger partial charge in [0.25, 0.3) is 0 Å². The first-order chi connectivity index (χ1) is 17.7. The average Bonchev–Trinajstić information content (AvgIpc) is 3.70. The Hall–Kier alpha value is -4.00. The number of aryl methyl sites for hydroxylation is 1. The van der Waals surface area contributed by atoms with Crippen LogP contribution in [0.3, 0.4) is 0 Å². The monoisotopic (exact) mass is 512 g/mol. The third kappa shape index (κ3) is 4.15. The number of fused-ring (bicyclic) bond motifs is 3. The topological polar surface area (TPSA) is 108 Å². The third-order valence-corrected chi connectivity index (χ3v) is 8.11. The lowest BCUT2D eigenvalue weighted by atomic mass is 9.90. The number of hydrogen-bond donors (Lipinski definition) is 2. The number of hydrogen-bond acceptors (Lipinski definition) is 7. The van der Waals surface area contributed by atoms with E-state index in [0.717, 1.165) is 34.5 Å². The van der Waals surface area contributed by atoms with Crippen LogP contribution in [-0.2, 0) is 17.6 Å². The maximum absolute atomic E-state index is 12.8. The molecule has 6 rings (SSSR count). The highest BCUT2D eigenvalue weighted by atomic mass is 32.2. The van der Waals surface area contributed by atoms with Crippen LogP contribution < -0.4 is 5.32 Å². The van der Waals surface area contributed by atoms with E-state index >= 15 is 0 Å². The van der Waals surface area contributed by atoms with Crippen molar-refractivity contribution in [2.45, 2.75) is 24.4 Å². The Morgan fingerprint density at radius 3 is 2.69 bits per heavy atom. The molecule has 4 aromatic heterocycles. The number of benzene rings is 1. The molecule has 1 aliphatic rings. The summed E-state index contributed by atoms with van der Waals surface area (Å²) in [6, 6.07) is 17.9. The normalized spacial score (nSPS) is 12.1. The van der Waals surface area contributed by atoms with Gasteiger partial charge in [-0.3, -0.25) is 4.79 Å². The van der Waals surface area contributed by atoms with Crippen LogP contribution in [-0.4, -0.2) is 21.6 Å². The quantitative estimate of drug-likeness (QED) is 0.234. The molecule has 1 aromatic carbocycles. The van der Waals surface area contributed by atoms with Crippen molar-refractivity contribution in [3.05, 3.63) is 77.7 Å². The minimum absolute atomic E-state index is 0.130. The summed E-state index contributed by atoms with van der Waals surface area (Å²) in [5.41, 5.74) is 5.45. The number of carbonyl (C=O) groups excluding carboxylic acids is 1. The molecule has 0 aliphatic heterocycles. The number of aromatic amines is 1. The van der Waals surface area contributed by atoms with Crippen molar-refractivity contribution < 1.29 is 13.6 Å². The van der Waals surface area contributed by atoms with Crippen LogP contribution in [0, 0.1) is 11.3 Å². The molecule has 0 fully saturated rings. The number of aromatic nitrogens is 2. The molecule has 0 unspecified atom stereocenters. The number of anilines is 1. The van der Waals surface area contributed by atoms with Gasteiger partial charge in [-0.2, -0.15) is 5.26 Å². The van der Waals surface area contributed by atoms with E-state index in [1.807, 2.05) is 36.4 Å². The molecule has 36 heavy (non-hydrogen) atoms. The van der Waals surface area contributed by atoms with Crippen molar-refractivity contribution in [2.24, 2.45) is 0 Å². The number of carbonyl (C=O) groups is 1. The van der Waals surface area contributed by atoms with Crippen molar-refractivity contribution >= 4 is 34.0 Å². The molecule has 1 aliphatic carbocycles. The molecule has 0 saturated carbocycles. The zero-order chi connectivity index (χ0) is 24.5. The fraction of sp³-hybridized carbons (Fsp3) is 0.148. The van der Waals surface area contributed by atoms with Gasteiger partial charge < -0.3 is 19.1 Å². The van der Waals surface area contributed by atoms with Gasteiger partial charge in [-0.05, 0) is 53.8 Å². The van der Waals surface area contributed by atoms with E-state index in [0.29, 0.717) is 38.7 Å². The van der Waals surface area contributed by atoms with Gasteiger partial charge in [-0.25, -0.2) is 4.98 Å². The lowest BCUT2D eigenvalue weighted by molar-refractivity contribution is -0.115. The lowest BCUT2D eigenvalue weighted by Crippen LogP contribution is -2.12. The second kappa shape index (κ2) is 9.57. The summed E-state index contributed by atoms with van der Waals surface area (Å²) in [5.74, 6) is 1.68. The van der Waals surface area contributed by atoms with Crippen LogP contribution in [0.5, 0.6) is 0 Å². The number of thioether (sulfide) groups is 1. The minimum atomic E-state index is -0.130. The predicted octanol–water partition coefficient (Wildman–Crippen LogP) is 6.75. The number of nitrogens with one attached hydrogen (secondary N) is 2. The lowest BCUT2D eigenvalue weighted by Gasteiger charge is -2.15. The SMILES string of the molecule is N#Cc1c(NC(=O)CCSc2nc(-c3ccco3)c(-c3ccco3)[nH]2)sc2c1CCc1ccccc1-2. The Kier molecular flexibility index (Phi) is 5.97. The van der Waals surface area contributed by atoms with E-state index in [2.05, 4.69) is 33.5 Å². The smallest absolute Gasteiger partial charge is 0.225 e. The minimum Gasteiger partial charge on any atom is -0.463 e. The highest BCUT2D eigenvalue weighted by Crippen LogP contribution is 2.44. The molecule has 0 bridgehead atoms. The predicted molar refractivity (Wildman–Crippen MR) is 140 cm³/mol. The zero-order valence-electron chi connectivity index (χ0n) is 19.0. The van der Waals surface area contributed by atoms with Gasteiger partial charge in [0.15, 0.2) is 16.7 Å². The van der Waals surface area contributed by atoms with Crippen molar-refractivity contribution in [2.75, 3.05) is 11.1 Å². The van der Waals surface area contributed by atoms with Crippen molar-refractivity contribution in [3.8, 4) is 39.4 Å². The van der Waals surface area contributed by atoms with Crippen LogP contribution in [0.25, 0.3) is 33.3 Å². The molecule has 0 saturated heterocycles. The molecule has 9 heteroatoms. The Balaban J connectivity index is 1.15. The maximum atomic E-state index is 12.8. The second-order valence-electron chi connectivity index (χ2n) is 8.25. The van der Waals surface area contributed by atoms with Crippen LogP contribution in [0.15, 0.2) is 75.0 Å². The summed E-state index contributed by atoms with van der Waals surface area (Å²) in [4.78, 5) is 21.8. The molecule has 5 aromatic rings. The van der Waals surface area contributed by atoms with Gasteiger partial charge in [0.2, 0.25) is 5.91 Å². The summed E-state index contributed by atoms with van der Waals surface area (Å²) in [5, 5.41) is 14.1. The molecule has 0 radical (unpaired) electrons. The summed E-state index contributed by atoms with van der Waals surface area (Å²) in [6.07, 6.45) is 5.20. The molecule has 2 N–H and O–H groups in total. The van der Waals surface area contributed by atoms with E-state index in [-0.39, 0.29) is 12.3 Å². The van der Waals surface area contributed by atoms with Crippen molar-refractivity contribution in [3.63, 3.8) is 0 Å². The first kappa shape index (κ1) is 22.5. The van der Waals surface area contributed by atoms with E-state index in [1.165, 1.54) is 28.7 Å². The maximum Gasteiger partial charge on any atom is 0.225 e. The van der Waals surface area contributed by atoms with Gasteiger partial charge in [-0.1, -0.05) is 36.0 Å². The number of nitrogens with zero attached hydrogens (tertiary/aromatic N) is 2. The van der Waals surface area contributed by atoms with Gasteiger partial charge in [-0.15, -0.1) is 11.3 Å². The fourth-order valence-corrected chi connectivity index (χ4v) is 6.47. The van der Waals surface area contributed by atoms with E-state index in [1.54, 1.807) is 12.5 Å². The third-order valence-electron chi connectivity index (χ3n) is 6.05. The summed E-state index contributed by atoms with van der Waals surface area (Å²) in [6.45, 7) is 0. The van der Waals surface area contributed by atoms with E-state index in [9.17, 15) is 10.1 Å². The number of amides is 1. The number of thiophene rings is 1. The van der Waals surface area contributed by atoms with Crippen molar-refractivity contribution in [1.29, 1.82) is 5.26 Å². The van der Waals surface area contributed by atoms with Crippen LogP contribution in [0.4, 0.5) is 5.00 Å². The van der Waals surface area contributed by atoms with Crippen molar-refractivity contribution in [1.82, 2.24) is 9.97 Å². The Labute approximate surface area is 215 Å². The molecular weight excluding hydrogens is 492 g/mol. The number of imidazole rings is 1. The van der Waals surface area contributed by atoms with Gasteiger partial charge in [0, 0.05) is 17.1 Å². The number of nitriles is 1. The molecular formula is C27H20N4O3S2. The van der Waals surface area contributed by atoms with Gasteiger partial charge in [0.05, 0.1) is 18.1 Å².